The van der Waals surface area contributed by atoms with Crippen LogP contribution in [0.4, 0.5) is 0 Å². The van der Waals surface area contributed by atoms with E-state index in [-0.39, 0.29) is 12.0 Å². The van der Waals surface area contributed by atoms with E-state index in [1.54, 1.807) is 7.05 Å². The highest BCUT2D eigenvalue weighted by Crippen LogP contribution is 2.38. The topological polar surface area (TPSA) is 41.6 Å². The van der Waals surface area contributed by atoms with E-state index in [9.17, 15) is 4.79 Å². The fraction of sp³-hybridized carbons (Fsp3) is 0.286. The van der Waals surface area contributed by atoms with E-state index in [1.807, 2.05) is 30.3 Å². The smallest absolute Gasteiger partial charge is 0.261 e. The standard InChI is InChI=1S/C21H21ClN2O2S/c1-23-21(25)20-19(16-7-2-3-8-18(16)27-20)17-13-24(9-10-26-17)12-14-5-4-6-15(22)11-14/h2-8,11,17H,9-10,12-13H2,1H3,(H,23,25)/t17-/m0/s1. The third kappa shape index (κ3) is 3.87. The molecule has 2 aromatic carbocycles. The molecule has 1 atom stereocenters. The lowest BCUT2D eigenvalue weighted by molar-refractivity contribution is -0.0323. The number of amides is 1. The zero-order chi connectivity index (χ0) is 18.8. The monoisotopic (exact) mass is 400 g/mol. The third-order valence-corrected chi connectivity index (χ3v) is 6.26. The average Bonchev–Trinajstić information content (AvgIpc) is 3.07. The van der Waals surface area contributed by atoms with Gasteiger partial charge in [-0.15, -0.1) is 11.3 Å². The maximum absolute atomic E-state index is 12.5. The highest BCUT2D eigenvalue weighted by molar-refractivity contribution is 7.21. The Morgan fingerprint density at radius 3 is 2.96 bits per heavy atom. The summed E-state index contributed by atoms with van der Waals surface area (Å²) >= 11 is 7.65. The lowest BCUT2D eigenvalue weighted by Crippen LogP contribution is -2.38. The highest BCUT2D eigenvalue weighted by Gasteiger charge is 2.29. The van der Waals surface area contributed by atoms with Crippen LogP contribution in [-0.2, 0) is 11.3 Å². The van der Waals surface area contributed by atoms with Crippen LogP contribution in [0.15, 0.2) is 48.5 Å². The van der Waals surface area contributed by atoms with Crippen molar-refractivity contribution in [3.05, 3.63) is 69.6 Å². The Bertz CT molecular complexity index is 972. The summed E-state index contributed by atoms with van der Waals surface area (Å²) in [7, 11) is 1.67. The summed E-state index contributed by atoms with van der Waals surface area (Å²) in [5, 5.41) is 4.63. The van der Waals surface area contributed by atoms with Gasteiger partial charge >= 0.3 is 0 Å². The molecule has 3 aromatic rings. The van der Waals surface area contributed by atoms with Crippen LogP contribution in [0.5, 0.6) is 0 Å². The molecule has 1 amide bonds. The van der Waals surface area contributed by atoms with Crippen molar-refractivity contribution in [2.45, 2.75) is 12.6 Å². The Morgan fingerprint density at radius 2 is 2.15 bits per heavy atom. The van der Waals surface area contributed by atoms with Crippen molar-refractivity contribution < 1.29 is 9.53 Å². The van der Waals surface area contributed by atoms with E-state index in [0.29, 0.717) is 6.61 Å². The second-order valence-corrected chi connectivity index (χ2v) is 8.13. The molecule has 0 bridgehead atoms. The summed E-state index contributed by atoms with van der Waals surface area (Å²) in [5.74, 6) is -0.0539. The molecule has 1 fully saturated rings. The van der Waals surface area contributed by atoms with Gasteiger partial charge in [-0.2, -0.15) is 0 Å². The van der Waals surface area contributed by atoms with Crippen LogP contribution in [0, 0.1) is 0 Å². The van der Waals surface area contributed by atoms with Crippen LogP contribution in [0.2, 0.25) is 5.02 Å². The molecule has 0 saturated carbocycles. The SMILES string of the molecule is CNC(=O)c1sc2ccccc2c1[C@@H]1CN(Cc2cccc(Cl)c2)CCO1. The van der Waals surface area contributed by atoms with Crippen molar-refractivity contribution in [2.24, 2.45) is 0 Å². The normalized spacial score (nSPS) is 17.9. The van der Waals surface area contributed by atoms with Crippen LogP contribution in [0.1, 0.15) is 26.9 Å². The maximum Gasteiger partial charge on any atom is 0.261 e. The minimum atomic E-state index is -0.124. The van der Waals surface area contributed by atoms with Crippen molar-refractivity contribution in [1.29, 1.82) is 0 Å². The van der Waals surface area contributed by atoms with Gasteiger partial charge in [-0.05, 0) is 29.1 Å². The number of hydrogen-bond acceptors (Lipinski definition) is 4. The van der Waals surface area contributed by atoms with Gasteiger partial charge in [-0.3, -0.25) is 9.69 Å². The minimum Gasteiger partial charge on any atom is -0.371 e. The molecule has 1 N–H and O–H groups in total. The molecule has 1 aliphatic rings. The summed E-state index contributed by atoms with van der Waals surface area (Å²) in [5.41, 5.74) is 2.19. The number of morpholine rings is 1. The number of carbonyl (C=O) groups is 1. The molecule has 2 heterocycles. The Hall–Kier alpha value is -1.92. The van der Waals surface area contributed by atoms with Gasteiger partial charge in [0.2, 0.25) is 0 Å². The Kier molecular flexibility index (Phi) is 5.45. The first-order chi connectivity index (χ1) is 13.2. The van der Waals surface area contributed by atoms with Crippen LogP contribution in [-0.4, -0.2) is 37.6 Å². The van der Waals surface area contributed by atoms with Crippen molar-refractivity contribution in [3.8, 4) is 0 Å². The molecule has 0 aliphatic carbocycles. The molecular formula is C21H21ClN2O2S. The Balaban J connectivity index is 1.64. The second kappa shape index (κ2) is 7.98. The number of ether oxygens (including phenoxy) is 1. The second-order valence-electron chi connectivity index (χ2n) is 6.64. The first-order valence-electron chi connectivity index (χ1n) is 8.97. The lowest BCUT2D eigenvalue weighted by atomic mass is 10.0. The van der Waals surface area contributed by atoms with E-state index in [2.05, 4.69) is 28.4 Å². The fourth-order valence-electron chi connectivity index (χ4n) is 3.58. The van der Waals surface area contributed by atoms with Crippen molar-refractivity contribution in [2.75, 3.05) is 26.7 Å². The molecule has 1 aliphatic heterocycles. The van der Waals surface area contributed by atoms with Crippen LogP contribution in [0.3, 0.4) is 0 Å². The number of carbonyl (C=O) groups excluding carboxylic acids is 1. The van der Waals surface area contributed by atoms with E-state index >= 15 is 0 Å². The van der Waals surface area contributed by atoms with E-state index in [4.69, 9.17) is 16.3 Å². The lowest BCUT2D eigenvalue weighted by Gasteiger charge is -2.33. The number of thiophene rings is 1. The molecule has 4 rings (SSSR count). The summed E-state index contributed by atoms with van der Waals surface area (Å²) < 4.78 is 7.23. The quantitative estimate of drug-likeness (QED) is 0.701. The summed E-state index contributed by atoms with van der Waals surface area (Å²) in [4.78, 5) is 15.6. The van der Waals surface area contributed by atoms with Crippen molar-refractivity contribution >= 4 is 38.9 Å². The van der Waals surface area contributed by atoms with Gasteiger partial charge in [0.25, 0.3) is 5.91 Å². The molecule has 0 unspecified atom stereocenters. The van der Waals surface area contributed by atoms with E-state index < -0.39 is 0 Å². The first kappa shape index (κ1) is 18.4. The van der Waals surface area contributed by atoms with Gasteiger partial charge in [0.15, 0.2) is 0 Å². The van der Waals surface area contributed by atoms with Crippen LogP contribution < -0.4 is 5.32 Å². The van der Waals surface area contributed by atoms with Gasteiger partial charge in [0, 0.05) is 42.0 Å². The van der Waals surface area contributed by atoms with Gasteiger partial charge in [-0.1, -0.05) is 41.9 Å². The number of benzene rings is 2. The number of hydrogen-bond donors (Lipinski definition) is 1. The Labute approximate surface area is 167 Å². The highest BCUT2D eigenvalue weighted by atomic mass is 35.5. The van der Waals surface area contributed by atoms with Gasteiger partial charge < -0.3 is 10.1 Å². The zero-order valence-electron chi connectivity index (χ0n) is 15.1. The number of rotatable bonds is 4. The van der Waals surface area contributed by atoms with Crippen molar-refractivity contribution in [1.82, 2.24) is 10.2 Å². The minimum absolute atomic E-state index is 0.0539. The average molecular weight is 401 g/mol. The number of nitrogens with one attached hydrogen (secondary N) is 1. The van der Waals surface area contributed by atoms with Crippen LogP contribution >= 0.6 is 22.9 Å². The zero-order valence-corrected chi connectivity index (χ0v) is 16.6. The van der Waals surface area contributed by atoms with Gasteiger partial charge in [0.1, 0.15) is 0 Å². The van der Waals surface area contributed by atoms with Crippen molar-refractivity contribution in [3.63, 3.8) is 0 Å². The predicted molar refractivity (Wildman–Crippen MR) is 111 cm³/mol. The number of nitrogens with zero attached hydrogens (tertiary/aromatic N) is 1. The first-order valence-corrected chi connectivity index (χ1v) is 10.2. The predicted octanol–water partition coefficient (Wildman–Crippen LogP) is 4.49. The molecule has 0 spiro atoms. The summed E-state index contributed by atoms with van der Waals surface area (Å²) in [6.45, 7) is 3.07. The van der Waals surface area contributed by atoms with E-state index in [1.165, 1.54) is 16.9 Å². The van der Waals surface area contributed by atoms with E-state index in [0.717, 1.165) is 45.2 Å². The summed E-state index contributed by atoms with van der Waals surface area (Å²) in [6.07, 6.45) is -0.124. The summed E-state index contributed by atoms with van der Waals surface area (Å²) in [6, 6.07) is 16.1. The molecule has 1 aromatic heterocycles. The maximum atomic E-state index is 12.5. The molecule has 27 heavy (non-hydrogen) atoms. The fourth-order valence-corrected chi connectivity index (χ4v) is 5.00. The molecule has 140 valence electrons. The number of halogens is 1. The Morgan fingerprint density at radius 1 is 1.30 bits per heavy atom. The molecule has 1 saturated heterocycles. The van der Waals surface area contributed by atoms with Gasteiger partial charge in [0.05, 0.1) is 17.6 Å². The van der Waals surface area contributed by atoms with Crippen LogP contribution in [0.25, 0.3) is 10.1 Å². The van der Waals surface area contributed by atoms with Gasteiger partial charge in [-0.25, -0.2) is 0 Å². The molecule has 0 radical (unpaired) electrons. The molecule has 4 nitrogen and oxygen atoms in total. The molecular weight excluding hydrogens is 380 g/mol. The third-order valence-electron chi connectivity index (χ3n) is 4.83. The molecule has 6 heteroatoms. The largest absolute Gasteiger partial charge is 0.371 e. The number of fused-ring (bicyclic) bond motifs is 1.